The van der Waals surface area contributed by atoms with E-state index in [2.05, 4.69) is 5.32 Å². The van der Waals surface area contributed by atoms with Crippen molar-refractivity contribution >= 4 is 33.0 Å². The lowest BCUT2D eigenvalue weighted by Crippen LogP contribution is -2.38. The molecule has 8 nitrogen and oxygen atoms in total. The molecule has 1 N–H and O–H groups in total. The highest BCUT2D eigenvalue weighted by Gasteiger charge is 2.28. The van der Waals surface area contributed by atoms with Crippen molar-refractivity contribution in [3.63, 3.8) is 0 Å². The summed E-state index contributed by atoms with van der Waals surface area (Å²) >= 11 is 0. The summed E-state index contributed by atoms with van der Waals surface area (Å²) in [5, 5.41) is 13.8. The zero-order valence-corrected chi connectivity index (χ0v) is 18.7. The lowest BCUT2D eigenvalue weighted by molar-refractivity contribution is -0.385. The summed E-state index contributed by atoms with van der Waals surface area (Å²) in [4.78, 5) is 23.6. The van der Waals surface area contributed by atoms with Crippen molar-refractivity contribution in [2.24, 2.45) is 0 Å². The number of nitrogens with zero attached hydrogens (tertiary/aromatic N) is 2. The molecule has 3 aromatic rings. The first-order valence-electron chi connectivity index (χ1n) is 9.80. The highest BCUT2D eigenvalue weighted by atomic mass is 32.2. The zero-order valence-electron chi connectivity index (χ0n) is 17.9. The van der Waals surface area contributed by atoms with Crippen LogP contribution in [0.15, 0.2) is 71.6 Å². The zero-order chi connectivity index (χ0) is 23.5. The Balaban J connectivity index is 1.99. The molecule has 1 amide bonds. The number of hydrogen-bond donors (Lipinski definition) is 1. The standard InChI is InChI=1S/C23H23N3O5S/c1-16-12-13-21(17(2)14-16)25(32(30,31)19-8-5-4-6-9-19)15-23(27)24-20-10-7-11-22(18(20)3)26(28)29/h4-14H,15H2,1-3H3,(H,24,27). The quantitative estimate of drug-likeness (QED) is 0.422. The summed E-state index contributed by atoms with van der Waals surface area (Å²) < 4.78 is 27.9. The third kappa shape index (κ3) is 4.78. The molecule has 0 bridgehead atoms. The number of aryl methyl sites for hydroxylation is 2. The second-order valence-electron chi connectivity index (χ2n) is 7.37. The van der Waals surface area contributed by atoms with Crippen molar-refractivity contribution in [1.82, 2.24) is 0 Å². The van der Waals surface area contributed by atoms with Gasteiger partial charge < -0.3 is 5.32 Å². The molecule has 0 aliphatic rings. The molecule has 0 aliphatic heterocycles. The third-order valence-corrected chi connectivity index (χ3v) is 6.79. The van der Waals surface area contributed by atoms with Gasteiger partial charge in [0.15, 0.2) is 0 Å². The van der Waals surface area contributed by atoms with Gasteiger partial charge in [-0.15, -0.1) is 0 Å². The van der Waals surface area contributed by atoms with Crippen molar-refractivity contribution in [2.75, 3.05) is 16.2 Å². The van der Waals surface area contributed by atoms with Gasteiger partial charge in [-0.3, -0.25) is 19.2 Å². The van der Waals surface area contributed by atoms with E-state index in [1.165, 1.54) is 37.3 Å². The largest absolute Gasteiger partial charge is 0.324 e. The molecule has 0 atom stereocenters. The Hall–Kier alpha value is -3.72. The fraction of sp³-hybridized carbons (Fsp3) is 0.174. The molecule has 3 rings (SSSR count). The van der Waals surface area contributed by atoms with E-state index in [0.717, 1.165) is 9.87 Å². The maximum atomic E-state index is 13.4. The van der Waals surface area contributed by atoms with E-state index in [9.17, 15) is 23.3 Å². The minimum absolute atomic E-state index is 0.0549. The monoisotopic (exact) mass is 453 g/mol. The van der Waals surface area contributed by atoms with Crippen LogP contribution < -0.4 is 9.62 Å². The molecular formula is C23H23N3O5S. The van der Waals surface area contributed by atoms with Crippen LogP contribution in [0.25, 0.3) is 0 Å². The average molecular weight is 454 g/mol. The van der Waals surface area contributed by atoms with E-state index in [4.69, 9.17) is 0 Å². The number of nitro benzene ring substituents is 1. The van der Waals surface area contributed by atoms with E-state index in [1.807, 2.05) is 13.0 Å². The van der Waals surface area contributed by atoms with E-state index >= 15 is 0 Å². The van der Waals surface area contributed by atoms with Gasteiger partial charge in [0.1, 0.15) is 6.54 Å². The Labute approximate surface area is 186 Å². The van der Waals surface area contributed by atoms with Crippen LogP contribution in [0.2, 0.25) is 0 Å². The van der Waals surface area contributed by atoms with Gasteiger partial charge in [-0.1, -0.05) is 42.0 Å². The molecule has 166 valence electrons. The summed E-state index contributed by atoms with van der Waals surface area (Å²) in [6.45, 7) is 4.70. The number of carbonyl (C=O) groups is 1. The fourth-order valence-corrected chi connectivity index (χ4v) is 4.89. The van der Waals surface area contributed by atoms with Crippen LogP contribution in [-0.4, -0.2) is 25.8 Å². The Morgan fingerprint density at radius 2 is 1.69 bits per heavy atom. The van der Waals surface area contributed by atoms with Crippen LogP contribution in [-0.2, 0) is 14.8 Å². The topological polar surface area (TPSA) is 110 Å². The molecule has 0 heterocycles. The summed E-state index contributed by atoms with van der Waals surface area (Å²) in [5.41, 5.74) is 2.44. The van der Waals surface area contributed by atoms with Crippen LogP contribution in [0.3, 0.4) is 0 Å². The molecular weight excluding hydrogens is 430 g/mol. The molecule has 32 heavy (non-hydrogen) atoms. The molecule has 0 radical (unpaired) electrons. The molecule has 0 saturated carbocycles. The molecule has 0 spiro atoms. The Bertz CT molecular complexity index is 1270. The van der Waals surface area contributed by atoms with E-state index in [1.54, 1.807) is 37.3 Å². The molecule has 0 unspecified atom stereocenters. The predicted octanol–water partition coefficient (Wildman–Crippen LogP) is 4.35. The summed E-state index contributed by atoms with van der Waals surface area (Å²) in [6, 6.07) is 17.5. The number of nitrogens with one attached hydrogen (secondary N) is 1. The third-order valence-electron chi connectivity index (χ3n) is 5.02. The number of carbonyl (C=O) groups excluding carboxylic acids is 1. The molecule has 3 aromatic carbocycles. The van der Waals surface area contributed by atoms with Crippen LogP contribution in [0.5, 0.6) is 0 Å². The number of nitro groups is 1. The molecule has 0 fully saturated rings. The normalized spacial score (nSPS) is 11.1. The van der Waals surface area contributed by atoms with Gasteiger partial charge in [-0.25, -0.2) is 8.42 Å². The lowest BCUT2D eigenvalue weighted by Gasteiger charge is -2.26. The van der Waals surface area contributed by atoms with Gasteiger partial charge in [0.2, 0.25) is 5.91 Å². The van der Waals surface area contributed by atoms with Crippen LogP contribution in [0.1, 0.15) is 16.7 Å². The van der Waals surface area contributed by atoms with E-state index in [0.29, 0.717) is 11.3 Å². The Kier molecular flexibility index (Phi) is 6.59. The van der Waals surface area contributed by atoms with Crippen molar-refractivity contribution in [1.29, 1.82) is 0 Å². The van der Waals surface area contributed by atoms with Gasteiger partial charge in [-0.05, 0) is 50.6 Å². The predicted molar refractivity (Wildman–Crippen MR) is 123 cm³/mol. The number of sulfonamides is 1. The molecule has 0 aliphatic carbocycles. The maximum Gasteiger partial charge on any atom is 0.274 e. The van der Waals surface area contributed by atoms with Gasteiger partial charge in [-0.2, -0.15) is 0 Å². The average Bonchev–Trinajstić information content (AvgIpc) is 2.74. The van der Waals surface area contributed by atoms with Crippen LogP contribution in [0, 0.1) is 30.9 Å². The van der Waals surface area contributed by atoms with Gasteiger partial charge in [0.25, 0.3) is 15.7 Å². The highest BCUT2D eigenvalue weighted by molar-refractivity contribution is 7.92. The summed E-state index contributed by atoms with van der Waals surface area (Å²) in [5.74, 6) is -0.618. The first-order chi connectivity index (χ1) is 15.1. The fourth-order valence-electron chi connectivity index (χ4n) is 3.38. The Morgan fingerprint density at radius 3 is 2.31 bits per heavy atom. The lowest BCUT2D eigenvalue weighted by atomic mass is 10.1. The number of rotatable bonds is 7. The summed E-state index contributed by atoms with van der Waals surface area (Å²) in [7, 11) is -4.04. The first-order valence-corrected chi connectivity index (χ1v) is 11.2. The number of hydrogen-bond acceptors (Lipinski definition) is 5. The summed E-state index contributed by atoms with van der Waals surface area (Å²) in [6.07, 6.45) is 0. The number of anilines is 2. The van der Waals surface area contributed by atoms with Gasteiger partial charge >= 0.3 is 0 Å². The van der Waals surface area contributed by atoms with E-state index in [-0.39, 0.29) is 21.8 Å². The minimum Gasteiger partial charge on any atom is -0.324 e. The van der Waals surface area contributed by atoms with Crippen molar-refractivity contribution < 1.29 is 18.1 Å². The molecule has 9 heteroatoms. The second kappa shape index (κ2) is 9.19. The van der Waals surface area contributed by atoms with Crippen LogP contribution >= 0.6 is 0 Å². The van der Waals surface area contributed by atoms with Crippen molar-refractivity contribution in [2.45, 2.75) is 25.7 Å². The first kappa shape index (κ1) is 23.0. The van der Waals surface area contributed by atoms with Crippen molar-refractivity contribution in [3.05, 3.63) is 93.5 Å². The minimum atomic E-state index is -4.04. The molecule has 0 aromatic heterocycles. The molecule has 0 saturated heterocycles. The van der Waals surface area contributed by atoms with Crippen LogP contribution in [0.4, 0.5) is 17.1 Å². The highest BCUT2D eigenvalue weighted by Crippen LogP contribution is 2.29. The maximum absolute atomic E-state index is 13.4. The Morgan fingerprint density at radius 1 is 1.00 bits per heavy atom. The van der Waals surface area contributed by atoms with Crippen molar-refractivity contribution in [3.8, 4) is 0 Å². The SMILES string of the molecule is Cc1ccc(N(CC(=O)Nc2cccc([N+](=O)[O-])c2C)S(=O)(=O)c2ccccc2)c(C)c1. The number of amides is 1. The number of benzene rings is 3. The second-order valence-corrected chi connectivity index (χ2v) is 9.23. The smallest absolute Gasteiger partial charge is 0.274 e. The van der Waals surface area contributed by atoms with Gasteiger partial charge in [0, 0.05) is 6.07 Å². The van der Waals surface area contributed by atoms with E-state index < -0.39 is 27.4 Å². The van der Waals surface area contributed by atoms with Gasteiger partial charge in [0.05, 0.1) is 26.8 Å².